The van der Waals surface area contributed by atoms with Crippen molar-refractivity contribution < 1.29 is 19.1 Å². The molecule has 1 unspecified atom stereocenters. The summed E-state index contributed by atoms with van der Waals surface area (Å²) in [4.78, 5) is 24.9. The number of ether oxygens (including phenoxy) is 2. The highest BCUT2D eigenvalue weighted by Crippen LogP contribution is 2.50. The predicted molar refractivity (Wildman–Crippen MR) is 94.3 cm³/mol. The lowest BCUT2D eigenvalue weighted by Gasteiger charge is -2.42. The first kappa shape index (κ1) is 16.6. The van der Waals surface area contributed by atoms with Crippen molar-refractivity contribution in [2.45, 2.75) is 76.7 Å². The largest absolute Gasteiger partial charge is 0.486 e. The molecule has 1 saturated carbocycles. The molecule has 0 bridgehead atoms. The summed E-state index contributed by atoms with van der Waals surface area (Å²) in [7, 11) is 0. The first-order valence-electron chi connectivity index (χ1n) is 9.57. The molecule has 1 spiro atoms. The first-order valence-corrected chi connectivity index (χ1v) is 9.57. The number of carbonyl (C=O) groups is 2. The number of esters is 1. The van der Waals surface area contributed by atoms with Crippen LogP contribution in [0.25, 0.3) is 0 Å². The van der Waals surface area contributed by atoms with Gasteiger partial charge in [0, 0.05) is 11.5 Å². The van der Waals surface area contributed by atoms with Crippen LogP contribution in [0.15, 0.2) is 12.1 Å². The SMILES string of the molecule is CC(C)CC1CC(=O)Oc2ccc3c(c21)OC1(CCCCC1)CC3=O. The van der Waals surface area contributed by atoms with Crippen LogP contribution in [-0.2, 0) is 4.79 Å². The van der Waals surface area contributed by atoms with Crippen molar-refractivity contribution in [1.82, 2.24) is 0 Å². The van der Waals surface area contributed by atoms with Gasteiger partial charge in [0.2, 0.25) is 0 Å². The van der Waals surface area contributed by atoms with Gasteiger partial charge in [-0.2, -0.15) is 0 Å². The van der Waals surface area contributed by atoms with Gasteiger partial charge >= 0.3 is 5.97 Å². The Hall–Kier alpha value is -1.84. The van der Waals surface area contributed by atoms with Gasteiger partial charge in [-0.05, 0) is 50.2 Å². The molecule has 4 rings (SSSR count). The van der Waals surface area contributed by atoms with Crippen LogP contribution in [0.4, 0.5) is 0 Å². The van der Waals surface area contributed by atoms with E-state index in [-0.39, 0.29) is 23.3 Å². The lowest BCUT2D eigenvalue weighted by atomic mass is 9.76. The van der Waals surface area contributed by atoms with Gasteiger partial charge in [0.1, 0.15) is 17.1 Å². The first-order chi connectivity index (χ1) is 12.0. The molecule has 0 aromatic heterocycles. The molecule has 0 amide bonds. The van der Waals surface area contributed by atoms with E-state index in [4.69, 9.17) is 9.47 Å². The van der Waals surface area contributed by atoms with Gasteiger partial charge in [-0.1, -0.05) is 20.3 Å². The minimum absolute atomic E-state index is 0.0674. The number of Topliss-reactive ketones (excluding diaryl/α,β-unsaturated/α-hetero) is 1. The van der Waals surface area contributed by atoms with Crippen molar-refractivity contribution in [3.05, 3.63) is 23.3 Å². The molecular weight excluding hydrogens is 316 g/mol. The van der Waals surface area contributed by atoms with Crippen LogP contribution < -0.4 is 9.47 Å². The summed E-state index contributed by atoms with van der Waals surface area (Å²) in [6.07, 6.45) is 7.06. The molecule has 1 fully saturated rings. The third kappa shape index (κ3) is 2.96. The Labute approximate surface area is 148 Å². The third-order valence-electron chi connectivity index (χ3n) is 5.82. The van der Waals surface area contributed by atoms with E-state index in [1.807, 2.05) is 0 Å². The van der Waals surface area contributed by atoms with E-state index in [0.717, 1.165) is 37.7 Å². The molecule has 1 aromatic carbocycles. The van der Waals surface area contributed by atoms with Gasteiger partial charge in [-0.15, -0.1) is 0 Å². The van der Waals surface area contributed by atoms with Crippen LogP contribution in [-0.4, -0.2) is 17.4 Å². The van der Waals surface area contributed by atoms with E-state index in [9.17, 15) is 9.59 Å². The Morgan fingerprint density at radius 1 is 1.16 bits per heavy atom. The molecule has 2 heterocycles. The lowest BCUT2D eigenvalue weighted by Crippen LogP contribution is -2.44. The second-order valence-corrected chi connectivity index (χ2v) is 8.30. The molecule has 134 valence electrons. The van der Waals surface area contributed by atoms with Crippen LogP contribution in [0.5, 0.6) is 11.5 Å². The minimum Gasteiger partial charge on any atom is -0.486 e. The van der Waals surface area contributed by atoms with E-state index >= 15 is 0 Å². The van der Waals surface area contributed by atoms with Crippen molar-refractivity contribution in [2.24, 2.45) is 5.92 Å². The second kappa shape index (κ2) is 6.15. The van der Waals surface area contributed by atoms with Crippen molar-refractivity contribution in [3.8, 4) is 11.5 Å². The fourth-order valence-corrected chi connectivity index (χ4v) is 4.74. The van der Waals surface area contributed by atoms with E-state index in [2.05, 4.69) is 13.8 Å². The molecule has 25 heavy (non-hydrogen) atoms. The summed E-state index contributed by atoms with van der Waals surface area (Å²) in [5, 5.41) is 0. The molecule has 3 aliphatic rings. The van der Waals surface area contributed by atoms with E-state index in [1.54, 1.807) is 12.1 Å². The second-order valence-electron chi connectivity index (χ2n) is 8.30. The highest BCUT2D eigenvalue weighted by molar-refractivity contribution is 6.01. The molecule has 2 aliphatic heterocycles. The average molecular weight is 342 g/mol. The van der Waals surface area contributed by atoms with Gasteiger partial charge in [-0.25, -0.2) is 0 Å². The molecule has 0 radical (unpaired) electrons. The molecule has 4 heteroatoms. The smallest absolute Gasteiger partial charge is 0.311 e. The Kier molecular flexibility index (Phi) is 4.09. The van der Waals surface area contributed by atoms with Crippen molar-refractivity contribution in [1.29, 1.82) is 0 Å². The molecular formula is C21H26O4. The van der Waals surface area contributed by atoms with E-state index < -0.39 is 0 Å². The maximum atomic E-state index is 12.9. The monoisotopic (exact) mass is 342 g/mol. The summed E-state index contributed by atoms with van der Waals surface area (Å²) in [6, 6.07) is 3.55. The van der Waals surface area contributed by atoms with Crippen molar-refractivity contribution >= 4 is 11.8 Å². The fourth-order valence-electron chi connectivity index (χ4n) is 4.74. The zero-order valence-electron chi connectivity index (χ0n) is 15.1. The molecule has 4 nitrogen and oxygen atoms in total. The summed E-state index contributed by atoms with van der Waals surface area (Å²) in [5.74, 6) is 1.80. The van der Waals surface area contributed by atoms with Crippen LogP contribution in [0.2, 0.25) is 0 Å². The van der Waals surface area contributed by atoms with Gasteiger partial charge < -0.3 is 9.47 Å². The summed E-state index contributed by atoms with van der Waals surface area (Å²) >= 11 is 0. The van der Waals surface area contributed by atoms with Crippen molar-refractivity contribution in [2.75, 3.05) is 0 Å². The number of rotatable bonds is 2. The van der Waals surface area contributed by atoms with Crippen LogP contribution in [0.3, 0.4) is 0 Å². The zero-order valence-corrected chi connectivity index (χ0v) is 15.1. The standard InChI is InChI=1S/C21H26O4/c1-13(2)10-14-11-18(23)24-17-7-6-15-16(22)12-21(8-4-3-5-9-21)25-20(15)19(14)17/h6-7,13-14H,3-5,8-12H2,1-2H3. The minimum atomic E-state index is -0.346. The molecule has 0 N–H and O–H groups in total. The van der Waals surface area contributed by atoms with E-state index in [0.29, 0.717) is 35.8 Å². The van der Waals surface area contributed by atoms with Crippen molar-refractivity contribution in [3.63, 3.8) is 0 Å². The normalized spacial score (nSPS) is 24.5. The molecule has 1 atom stereocenters. The Bertz CT molecular complexity index is 713. The quantitative estimate of drug-likeness (QED) is 0.572. The summed E-state index contributed by atoms with van der Waals surface area (Å²) < 4.78 is 12.1. The fraction of sp³-hybridized carbons (Fsp3) is 0.619. The van der Waals surface area contributed by atoms with Gasteiger partial charge in [0.25, 0.3) is 0 Å². The predicted octanol–water partition coefficient (Wildman–Crippen LogP) is 4.79. The summed E-state index contributed by atoms with van der Waals surface area (Å²) in [5.41, 5.74) is 1.27. The topological polar surface area (TPSA) is 52.6 Å². The highest BCUT2D eigenvalue weighted by atomic mass is 16.5. The van der Waals surface area contributed by atoms with Gasteiger partial charge in [0.05, 0.1) is 18.4 Å². The zero-order chi connectivity index (χ0) is 17.6. The molecule has 1 aliphatic carbocycles. The Morgan fingerprint density at radius 3 is 2.64 bits per heavy atom. The maximum absolute atomic E-state index is 12.9. The molecule has 0 saturated heterocycles. The number of benzene rings is 1. The lowest BCUT2D eigenvalue weighted by molar-refractivity contribution is -0.136. The van der Waals surface area contributed by atoms with Crippen LogP contribution in [0, 0.1) is 5.92 Å². The molecule has 1 aromatic rings. The average Bonchev–Trinajstić information content (AvgIpc) is 2.54. The third-order valence-corrected chi connectivity index (χ3v) is 5.82. The summed E-state index contributed by atoms with van der Waals surface area (Å²) in [6.45, 7) is 4.31. The van der Waals surface area contributed by atoms with E-state index in [1.165, 1.54) is 6.42 Å². The van der Waals surface area contributed by atoms with Gasteiger partial charge in [0.15, 0.2) is 5.78 Å². The van der Waals surface area contributed by atoms with Crippen LogP contribution in [0.1, 0.15) is 87.1 Å². The maximum Gasteiger partial charge on any atom is 0.311 e. The Balaban J connectivity index is 1.80. The van der Waals surface area contributed by atoms with Crippen LogP contribution >= 0.6 is 0 Å². The number of hydrogen-bond acceptors (Lipinski definition) is 4. The number of hydrogen-bond donors (Lipinski definition) is 0. The highest BCUT2D eigenvalue weighted by Gasteiger charge is 2.44. The number of fused-ring (bicyclic) bond motifs is 3. The van der Waals surface area contributed by atoms with Gasteiger partial charge in [-0.3, -0.25) is 9.59 Å². The number of ketones is 1. The Morgan fingerprint density at radius 2 is 1.92 bits per heavy atom. The number of carbonyl (C=O) groups excluding carboxylic acids is 2.